The molecule has 33 heavy (non-hydrogen) atoms. The van der Waals surface area contributed by atoms with Gasteiger partial charge in [-0.1, -0.05) is 28.7 Å². The molecule has 0 aliphatic carbocycles. The largest absolute Gasteiger partial charge is 0.382 e. The second-order valence-corrected chi connectivity index (χ2v) is 9.92. The van der Waals surface area contributed by atoms with Gasteiger partial charge in [-0.3, -0.25) is 9.20 Å². The number of nitrogens with zero attached hydrogens (tertiary/aromatic N) is 3. The molecule has 0 spiro atoms. The SMILES string of the molecule is CCOCCC[n+]1c(N)c(S(=O)(=O)c2ccc(C)cc2)cc2c(=O)n3cc(C)ccc3nc21. The van der Waals surface area contributed by atoms with Crippen LogP contribution >= 0.6 is 0 Å². The van der Waals surface area contributed by atoms with Gasteiger partial charge in [-0.2, -0.15) is 0 Å². The number of aryl methyl sites for hydroxylation is 3. The van der Waals surface area contributed by atoms with Crippen LogP contribution in [0.2, 0.25) is 0 Å². The van der Waals surface area contributed by atoms with Crippen LogP contribution < -0.4 is 15.9 Å². The lowest BCUT2D eigenvalue weighted by Crippen LogP contribution is -2.42. The molecule has 8 nitrogen and oxygen atoms in total. The fourth-order valence-corrected chi connectivity index (χ4v) is 5.19. The highest BCUT2D eigenvalue weighted by molar-refractivity contribution is 7.91. The second kappa shape index (κ2) is 8.92. The first-order valence-corrected chi connectivity index (χ1v) is 12.3. The lowest BCUT2D eigenvalue weighted by Gasteiger charge is -2.13. The average molecular weight is 468 g/mol. The van der Waals surface area contributed by atoms with Crippen molar-refractivity contribution in [2.45, 2.75) is 43.5 Å². The van der Waals surface area contributed by atoms with Gasteiger partial charge >= 0.3 is 0 Å². The molecule has 0 bridgehead atoms. The van der Waals surface area contributed by atoms with Crippen molar-refractivity contribution in [2.24, 2.45) is 0 Å². The maximum atomic E-state index is 13.5. The average Bonchev–Trinajstić information content (AvgIpc) is 2.78. The van der Waals surface area contributed by atoms with E-state index in [-0.39, 0.29) is 26.6 Å². The topological polar surface area (TPSA) is 108 Å². The molecule has 0 aliphatic rings. The van der Waals surface area contributed by atoms with E-state index in [0.717, 1.165) is 11.1 Å². The summed E-state index contributed by atoms with van der Waals surface area (Å²) in [5.41, 5.74) is 8.72. The molecule has 172 valence electrons. The zero-order chi connectivity index (χ0) is 23.8. The van der Waals surface area contributed by atoms with Gasteiger partial charge in [0.25, 0.3) is 11.2 Å². The van der Waals surface area contributed by atoms with E-state index in [4.69, 9.17) is 10.5 Å². The Morgan fingerprint density at radius 3 is 2.48 bits per heavy atom. The number of benzene rings is 1. The molecule has 9 heteroatoms. The summed E-state index contributed by atoms with van der Waals surface area (Å²) in [6.07, 6.45) is 2.27. The summed E-state index contributed by atoms with van der Waals surface area (Å²) in [4.78, 5) is 18.1. The van der Waals surface area contributed by atoms with E-state index in [0.29, 0.717) is 37.5 Å². The van der Waals surface area contributed by atoms with Gasteiger partial charge < -0.3 is 10.5 Å². The van der Waals surface area contributed by atoms with Gasteiger partial charge in [-0.05, 0) is 50.6 Å². The summed E-state index contributed by atoms with van der Waals surface area (Å²) in [6.45, 7) is 7.07. The van der Waals surface area contributed by atoms with E-state index >= 15 is 0 Å². The molecule has 3 heterocycles. The Kier molecular flexibility index (Phi) is 6.18. The minimum Gasteiger partial charge on any atom is -0.382 e. The quantitative estimate of drug-likeness (QED) is 0.254. The van der Waals surface area contributed by atoms with Gasteiger partial charge in [0.2, 0.25) is 21.3 Å². The standard InChI is InChI=1S/C24H26N4O4S/c1-4-32-13-5-12-27-22(25)20(33(30,31)18-9-6-16(2)7-10-18)14-19-23(27)26-21-11-8-17(3)15-28(21)24(19)29/h6-11,14-15,25H,4-5,12-13H2,1-3H3/p+1. The van der Waals surface area contributed by atoms with Crippen LogP contribution in [-0.4, -0.2) is 31.0 Å². The smallest absolute Gasteiger partial charge is 0.278 e. The highest BCUT2D eigenvalue weighted by Gasteiger charge is 2.29. The van der Waals surface area contributed by atoms with E-state index in [2.05, 4.69) is 4.98 Å². The fourth-order valence-electron chi connectivity index (χ4n) is 3.79. The van der Waals surface area contributed by atoms with Crippen LogP contribution in [0.15, 0.2) is 63.2 Å². The predicted molar refractivity (Wildman–Crippen MR) is 126 cm³/mol. The van der Waals surface area contributed by atoms with Gasteiger partial charge in [0.15, 0.2) is 0 Å². The Morgan fingerprint density at radius 1 is 1.09 bits per heavy atom. The minimum atomic E-state index is -3.97. The van der Waals surface area contributed by atoms with Crippen molar-refractivity contribution in [3.63, 3.8) is 0 Å². The maximum absolute atomic E-state index is 13.5. The lowest BCUT2D eigenvalue weighted by molar-refractivity contribution is -0.661. The molecule has 4 aromatic rings. The molecular weight excluding hydrogens is 440 g/mol. The van der Waals surface area contributed by atoms with E-state index in [9.17, 15) is 13.2 Å². The minimum absolute atomic E-state index is 0.0444. The molecule has 4 rings (SSSR count). The molecule has 0 saturated carbocycles. The van der Waals surface area contributed by atoms with Crippen molar-refractivity contribution in [2.75, 3.05) is 18.9 Å². The predicted octanol–water partition coefficient (Wildman–Crippen LogP) is 2.59. The van der Waals surface area contributed by atoms with Crippen molar-refractivity contribution >= 4 is 32.3 Å². The Hall–Kier alpha value is -3.30. The Labute approximate surface area is 192 Å². The fraction of sp³-hybridized carbons (Fsp3) is 0.292. The molecule has 0 aliphatic heterocycles. The number of fused-ring (bicyclic) bond motifs is 2. The number of nitrogens with two attached hydrogens (primary N) is 1. The highest BCUT2D eigenvalue weighted by atomic mass is 32.2. The molecule has 0 fully saturated rings. The van der Waals surface area contributed by atoms with Gasteiger partial charge in [0, 0.05) is 25.8 Å². The number of ether oxygens (including phenoxy) is 1. The molecule has 0 saturated heterocycles. The molecule has 0 radical (unpaired) electrons. The number of sulfone groups is 1. The number of nitrogen functional groups attached to an aromatic ring is 1. The van der Waals surface area contributed by atoms with Crippen LogP contribution in [0, 0.1) is 13.8 Å². The summed E-state index contributed by atoms with van der Waals surface area (Å²) in [5.74, 6) is 0.0444. The zero-order valence-electron chi connectivity index (χ0n) is 18.9. The molecule has 0 atom stereocenters. The van der Waals surface area contributed by atoms with E-state index < -0.39 is 9.84 Å². The molecule has 3 aromatic heterocycles. The summed E-state index contributed by atoms with van der Waals surface area (Å²) < 4.78 is 35.5. The third-order valence-corrected chi connectivity index (χ3v) is 7.35. The molecule has 0 amide bonds. The first kappa shape index (κ1) is 22.9. The second-order valence-electron chi connectivity index (χ2n) is 8.00. The first-order chi connectivity index (χ1) is 15.7. The van der Waals surface area contributed by atoms with E-state index in [1.54, 1.807) is 41.1 Å². The third kappa shape index (κ3) is 4.21. The monoisotopic (exact) mass is 467 g/mol. The number of anilines is 1. The van der Waals surface area contributed by atoms with Crippen molar-refractivity contribution < 1.29 is 17.7 Å². The normalized spacial score (nSPS) is 12.0. The Balaban J connectivity index is 2.01. The third-order valence-electron chi connectivity index (χ3n) is 5.56. The van der Waals surface area contributed by atoms with Crippen LogP contribution in [0.3, 0.4) is 0 Å². The van der Waals surface area contributed by atoms with Crippen molar-refractivity contribution in [3.8, 4) is 0 Å². The van der Waals surface area contributed by atoms with Crippen molar-refractivity contribution in [1.82, 2.24) is 9.38 Å². The summed E-state index contributed by atoms with van der Waals surface area (Å²) in [5, 5.41) is 0.189. The van der Waals surface area contributed by atoms with Crippen LogP contribution in [0.25, 0.3) is 16.7 Å². The zero-order valence-corrected chi connectivity index (χ0v) is 19.7. The van der Waals surface area contributed by atoms with Crippen LogP contribution in [0.1, 0.15) is 24.5 Å². The van der Waals surface area contributed by atoms with Gasteiger partial charge in [-0.25, -0.2) is 13.0 Å². The van der Waals surface area contributed by atoms with Gasteiger partial charge in [-0.15, -0.1) is 0 Å². The number of rotatable bonds is 7. The van der Waals surface area contributed by atoms with E-state index in [1.807, 2.05) is 26.8 Å². The first-order valence-electron chi connectivity index (χ1n) is 10.8. The molecule has 2 N–H and O–H groups in total. The Morgan fingerprint density at radius 2 is 1.79 bits per heavy atom. The number of hydrogen-bond acceptors (Lipinski definition) is 6. The van der Waals surface area contributed by atoms with Crippen molar-refractivity contribution in [1.29, 1.82) is 0 Å². The van der Waals surface area contributed by atoms with Crippen LogP contribution in [0.5, 0.6) is 0 Å². The number of pyridine rings is 2. The maximum Gasteiger partial charge on any atom is 0.278 e. The van der Waals surface area contributed by atoms with Crippen LogP contribution in [-0.2, 0) is 21.1 Å². The number of aromatic nitrogens is 3. The molecular formula is C24H27N4O4S+. The number of hydrogen-bond donors (Lipinski definition) is 1. The highest BCUT2D eigenvalue weighted by Crippen LogP contribution is 2.26. The summed E-state index contributed by atoms with van der Waals surface area (Å²) in [6, 6.07) is 11.5. The molecule has 0 unspecified atom stereocenters. The molecule has 1 aromatic carbocycles. The van der Waals surface area contributed by atoms with Crippen LogP contribution in [0.4, 0.5) is 5.82 Å². The summed E-state index contributed by atoms with van der Waals surface area (Å²) >= 11 is 0. The lowest BCUT2D eigenvalue weighted by atomic mass is 10.2. The van der Waals surface area contributed by atoms with E-state index in [1.165, 1.54) is 10.5 Å². The summed E-state index contributed by atoms with van der Waals surface area (Å²) in [7, 11) is -3.97. The van der Waals surface area contributed by atoms with Gasteiger partial charge in [0.1, 0.15) is 10.3 Å². The van der Waals surface area contributed by atoms with Crippen molar-refractivity contribution in [3.05, 3.63) is 70.1 Å². The van der Waals surface area contributed by atoms with Gasteiger partial charge in [0.05, 0.1) is 11.4 Å². The Bertz CT molecular complexity index is 1510.